The summed E-state index contributed by atoms with van der Waals surface area (Å²) in [6.45, 7) is 0. The number of carboxylic acids is 1. The molecule has 98 valence electrons. The number of quaternary nitrogens is 1. The van der Waals surface area contributed by atoms with Gasteiger partial charge in [-0.3, -0.25) is 0 Å². The van der Waals surface area contributed by atoms with Crippen molar-refractivity contribution in [2.24, 2.45) is 0 Å². The normalized spacial score (nSPS) is 24.2. The van der Waals surface area contributed by atoms with E-state index in [9.17, 15) is 23.1 Å². The summed E-state index contributed by atoms with van der Waals surface area (Å²) in [4.78, 5) is 10.7. The van der Waals surface area contributed by atoms with Crippen molar-refractivity contribution in [2.75, 3.05) is 5.75 Å². The fourth-order valence-corrected chi connectivity index (χ4v) is 3.22. The molecule has 1 heterocycles. The van der Waals surface area contributed by atoms with Crippen molar-refractivity contribution in [1.82, 2.24) is 0 Å². The molecule has 1 aliphatic heterocycles. The second-order valence-corrected chi connectivity index (χ2v) is 5.13. The van der Waals surface area contributed by atoms with Crippen LogP contribution in [0, 0.1) is 0 Å². The number of hydrogen-bond acceptors (Lipinski definition) is 3. The SMILES string of the molecule is O=C([O-])[C@@H]1CS[C@H](c2ccccc2C(F)(F)F)[NH2+]1. The number of thioether (sulfide) groups is 1. The van der Waals surface area contributed by atoms with Crippen LogP contribution in [0.3, 0.4) is 0 Å². The first-order valence-electron chi connectivity index (χ1n) is 5.23. The highest BCUT2D eigenvalue weighted by Gasteiger charge is 2.39. The number of alkyl halides is 3. The molecule has 1 saturated heterocycles. The van der Waals surface area contributed by atoms with Crippen LogP contribution in [0.4, 0.5) is 13.2 Å². The zero-order chi connectivity index (χ0) is 13.3. The van der Waals surface area contributed by atoms with E-state index in [0.29, 0.717) is 0 Å². The van der Waals surface area contributed by atoms with Gasteiger partial charge in [-0.05, 0) is 6.07 Å². The van der Waals surface area contributed by atoms with Crippen LogP contribution >= 0.6 is 11.8 Å². The van der Waals surface area contributed by atoms with E-state index >= 15 is 0 Å². The maximum Gasteiger partial charge on any atom is 0.416 e. The Balaban J connectivity index is 2.27. The number of aliphatic carboxylic acids is 1. The van der Waals surface area contributed by atoms with Crippen LogP contribution in [0.2, 0.25) is 0 Å². The first-order valence-corrected chi connectivity index (χ1v) is 6.28. The van der Waals surface area contributed by atoms with E-state index in [-0.39, 0.29) is 11.3 Å². The van der Waals surface area contributed by atoms with Crippen molar-refractivity contribution in [3.05, 3.63) is 35.4 Å². The quantitative estimate of drug-likeness (QED) is 0.836. The predicted molar refractivity (Wildman–Crippen MR) is 57.4 cm³/mol. The van der Waals surface area contributed by atoms with Crippen molar-refractivity contribution < 1.29 is 28.4 Å². The molecule has 0 aromatic heterocycles. The monoisotopic (exact) mass is 277 g/mol. The summed E-state index contributed by atoms with van der Waals surface area (Å²) in [6.07, 6.45) is -4.43. The fraction of sp³-hybridized carbons (Fsp3) is 0.364. The molecule has 1 aromatic carbocycles. The van der Waals surface area contributed by atoms with Crippen LogP contribution in [0.5, 0.6) is 0 Å². The molecule has 0 amide bonds. The molecule has 2 atom stereocenters. The van der Waals surface area contributed by atoms with Gasteiger partial charge in [0.15, 0.2) is 5.37 Å². The predicted octanol–water partition coefficient (Wildman–Crippen LogP) is 0.133. The molecular formula is C11H10F3NO2S. The van der Waals surface area contributed by atoms with Gasteiger partial charge in [0.05, 0.1) is 11.3 Å². The number of nitrogens with two attached hydrogens (primary N) is 1. The van der Waals surface area contributed by atoms with Gasteiger partial charge in [0, 0.05) is 5.56 Å². The molecule has 1 aliphatic rings. The van der Waals surface area contributed by atoms with Crippen molar-refractivity contribution in [3.63, 3.8) is 0 Å². The summed E-state index contributed by atoms with van der Waals surface area (Å²) in [5.41, 5.74) is -0.600. The molecule has 1 aromatic rings. The standard InChI is InChI=1S/C11H10F3NO2S/c12-11(13,14)7-4-2-1-3-6(7)9-15-8(5-18-9)10(16)17/h1-4,8-9,15H,5H2,(H,16,17)/t8-,9+/m0/s1. The minimum atomic E-state index is -4.43. The van der Waals surface area contributed by atoms with Crippen LogP contribution in [-0.2, 0) is 11.0 Å². The summed E-state index contributed by atoms with van der Waals surface area (Å²) in [7, 11) is 0. The molecule has 3 nitrogen and oxygen atoms in total. The Labute approximate surface area is 105 Å². The number of halogens is 3. The Morgan fingerprint density at radius 3 is 2.61 bits per heavy atom. The lowest BCUT2D eigenvalue weighted by molar-refractivity contribution is -0.690. The molecule has 2 N–H and O–H groups in total. The Morgan fingerprint density at radius 2 is 2.06 bits per heavy atom. The number of carbonyl (C=O) groups excluding carboxylic acids is 1. The van der Waals surface area contributed by atoms with Crippen LogP contribution in [0.1, 0.15) is 16.5 Å². The van der Waals surface area contributed by atoms with Gasteiger partial charge < -0.3 is 15.2 Å². The molecule has 0 bridgehead atoms. The van der Waals surface area contributed by atoms with E-state index in [1.54, 1.807) is 0 Å². The zero-order valence-corrected chi connectivity index (χ0v) is 9.92. The average molecular weight is 277 g/mol. The molecule has 1 fully saturated rings. The molecule has 0 radical (unpaired) electrons. The summed E-state index contributed by atoms with van der Waals surface area (Å²) in [6, 6.07) is 4.44. The number of rotatable bonds is 2. The average Bonchev–Trinajstić information content (AvgIpc) is 2.77. The van der Waals surface area contributed by atoms with Gasteiger partial charge in [-0.25, -0.2) is 0 Å². The Bertz CT molecular complexity index is 464. The number of carboxylic acid groups (broad SMARTS) is 1. The minimum Gasteiger partial charge on any atom is -0.544 e. The van der Waals surface area contributed by atoms with E-state index < -0.39 is 29.1 Å². The van der Waals surface area contributed by atoms with Crippen LogP contribution in [-0.4, -0.2) is 17.8 Å². The van der Waals surface area contributed by atoms with E-state index in [4.69, 9.17) is 0 Å². The summed E-state index contributed by atoms with van der Waals surface area (Å²) < 4.78 is 38.4. The second-order valence-electron chi connectivity index (χ2n) is 3.96. The molecule has 0 spiro atoms. The van der Waals surface area contributed by atoms with Crippen molar-refractivity contribution in [3.8, 4) is 0 Å². The maximum atomic E-state index is 12.8. The maximum absolute atomic E-state index is 12.8. The van der Waals surface area contributed by atoms with E-state index in [1.165, 1.54) is 35.3 Å². The highest BCUT2D eigenvalue weighted by atomic mass is 32.2. The molecule has 18 heavy (non-hydrogen) atoms. The van der Waals surface area contributed by atoms with Gasteiger partial charge in [-0.15, -0.1) is 0 Å². The lowest BCUT2D eigenvalue weighted by Gasteiger charge is -2.16. The summed E-state index contributed by atoms with van der Waals surface area (Å²) in [5.74, 6) is -0.992. The third-order valence-electron chi connectivity index (χ3n) is 2.74. The molecule has 0 saturated carbocycles. The van der Waals surface area contributed by atoms with E-state index in [2.05, 4.69) is 0 Å². The van der Waals surface area contributed by atoms with Crippen LogP contribution < -0.4 is 10.4 Å². The first kappa shape index (κ1) is 13.2. The smallest absolute Gasteiger partial charge is 0.416 e. The van der Waals surface area contributed by atoms with Crippen molar-refractivity contribution >= 4 is 17.7 Å². The summed E-state index contributed by atoms with van der Waals surface area (Å²) in [5, 5.41) is 11.5. The lowest BCUT2D eigenvalue weighted by Crippen LogP contribution is -2.90. The van der Waals surface area contributed by atoms with E-state index in [1.807, 2.05) is 0 Å². The van der Waals surface area contributed by atoms with Crippen LogP contribution in [0.15, 0.2) is 24.3 Å². The van der Waals surface area contributed by atoms with Gasteiger partial charge in [0.2, 0.25) is 0 Å². The van der Waals surface area contributed by atoms with Crippen molar-refractivity contribution in [1.29, 1.82) is 0 Å². The fourth-order valence-electron chi connectivity index (χ4n) is 1.87. The molecule has 7 heteroatoms. The number of hydrogen-bond donors (Lipinski definition) is 1. The Hall–Kier alpha value is -1.21. The lowest BCUT2D eigenvalue weighted by atomic mass is 10.1. The molecular weight excluding hydrogens is 267 g/mol. The largest absolute Gasteiger partial charge is 0.544 e. The van der Waals surface area contributed by atoms with Gasteiger partial charge in [-0.2, -0.15) is 13.2 Å². The highest BCUT2D eigenvalue weighted by molar-refractivity contribution is 7.99. The third-order valence-corrected chi connectivity index (χ3v) is 4.06. The first-order chi connectivity index (χ1) is 8.39. The number of carbonyl (C=O) groups is 1. The molecule has 0 aliphatic carbocycles. The second kappa shape index (κ2) is 4.81. The van der Waals surface area contributed by atoms with Crippen molar-refractivity contribution in [2.45, 2.75) is 17.6 Å². The molecule has 2 rings (SSSR count). The minimum absolute atomic E-state index is 0.110. The van der Waals surface area contributed by atoms with Gasteiger partial charge in [0.25, 0.3) is 0 Å². The van der Waals surface area contributed by atoms with Gasteiger partial charge in [-0.1, -0.05) is 30.0 Å². The van der Waals surface area contributed by atoms with Crippen LogP contribution in [0.25, 0.3) is 0 Å². The molecule has 0 unspecified atom stereocenters. The topological polar surface area (TPSA) is 56.7 Å². The Morgan fingerprint density at radius 1 is 1.39 bits per heavy atom. The van der Waals surface area contributed by atoms with E-state index in [0.717, 1.165) is 6.07 Å². The number of benzene rings is 1. The highest BCUT2D eigenvalue weighted by Crippen LogP contribution is 2.37. The Kier molecular flexibility index (Phi) is 3.54. The van der Waals surface area contributed by atoms with Gasteiger partial charge in [0.1, 0.15) is 12.0 Å². The van der Waals surface area contributed by atoms with Gasteiger partial charge >= 0.3 is 6.18 Å². The zero-order valence-electron chi connectivity index (χ0n) is 9.11. The third kappa shape index (κ3) is 2.62. The summed E-state index contributed by atoms with van der Waals surface area (Å²) >= 11 is 1.19.